The van der Waals surface area contributed by atoms with Crippen LogP contribution in [0.5, 0.6) is 5.75 Å². The number of nitrogens with zero attached hydrogens (tertiary/aromatic N) is 2. The number of aryl methyl sites for hydroxylation is 1. The van der Waals surface area contributed by atoms with Gasteiger partial charge in [-0.3, -0.25) is 4.79 Å². The zero-order valence-electron chi connectivity index (χ0n) is 12.8. The maximum Gasteiger partial charge on any atom is 0.326 e. The SMILES string of the molecule is CCC(NC(=O)c1cccc(OCc2noc(C)n2)c1)C(=O)O. The third kappa shape index (κ3) is 4.53. The van der Waals surface area contributed by atoms with Crippen LogP contribution >= 0.6 is 0 Å². The minimum absolute atomic E-state index is 0.106. The van der Waals surface area contributed by atoms with Crippen molar-refractivity contribution < 1.29 is 24.0 Å². The molecule has 0 bridgehead atoms. The standard InChI is InChI=1S/C15H17N3O5/c1-3-12(15(20)21)17-14(19)10-5-4-6-11(7-10)22-8-13-16-9(2)23-18-13/h4-7,12H,3,8H2,1-2H3,(H,17,19)(H,20,21). The first-order chi connectivity index (χ1) is 11.0. The van der Waals surface area contributed by atoms with E-state index in [1.807, 2.05) is 0 Å². The third-order valence-electron chi connectivity index (χ3n) is 3.05. The van der Waals surface area contributed by atoms with Crippen molar-refractivity contribution in [3.8, 4) is 5.75 Å². The second-order valence-corrected chi connectivity index (χ2v) is 4.82. The summed E-state index contributed by atoms with van der Waals surface area (Å²) in [6, 6.07) is 5.51. The van der Waals surface area contributed by atoms with Gasteiger partial charge in [-0.1, -0.05) is 18.1 Å². The molecule has 1 aromatic carbocycles. The Kier molecular flexibility index (Phi) is 5.29. The fraction of sp³-hybridized carbons (Fsp3) is 0.333. The Labute approximate surface area is 132 Å². The highest BCUT2D eigenvalue weighted by molar-refractivity contribution is 5.96. The number of carboxylic acid groups (broad SMARTS) is 1. The Morgan fingerprint density at radius 3 is 2.83 bits per heavy atom. The number of hydrogen-bond acceptors (Lipinski definition) is 6. The first kappa shape index (κ1) is 16.5. The molecule has 2 rings (SSSR count). The van der Waals surface area contributed by atoms with Crippen molar-refractivity contribution in [1.82, 2.24) is 15.5 Å². The van der Waals surface area contributed by atoms with Gasteiger partial charge in [0, 0.05) is 12.5 Å². The molecular weight excluding hydrogens is 302 g/mol. The zero-order valence-corrected chi connectivity index (χ0v) is 12.8. The van der Waals surface area contributed by atoms with Crippen LogP contribution < -0.4 is 10.1 Å². The number of benzene rings is 1. The van der Waals surface area contributed by atoms with Gasteiger partial charge < -0.3 is 19.7 Å². The average molecular weight is 319 g/mol. The van der Waals surface area contributed by atoms with E-state index in [2.05, 4.69) is 15.5 Å². The highest BCUT2D eigenvalue weighted by Crippen LogP contribution is 2.15. The molecule has 1 heterocycles. The Bertz CT molecular complexity index is 698. The van der Waals surface area contributed by atoms with E-state index in [0.717, 1.165) is 0 Å². The van der Waals surface area contributed by atoms with E-state index in [1.165, 1.54) is 6.07 Å². The van der Waals surface area contributed by atoms with Gasteiger partial charge in [0.1, 0.15) is 11.8 Å². The van der Waals surface area contributed by atoms with Gasteiger partial charge in [-0.2, -0.15) is 4.98 Å². The molecule has 8 nitrogen and oxygen atoms in total. The molecule has 0 saturated heterocycles. The molecule has 0 aliphatic heterocycles. The second kappa shape index (κ2) is 7.39. The number of aromatic nitrogens is 2. The highest BCUT2D eigenvalue weighted by atomic mass is 16.5. The van der Waals surface area contributed by atoms with E-state index in [-0.39, 0.29) is 6.61 Å². The van der Waals surface area contributed by atoms with Crippen molar-refractivity contribution in [2.45, 2.75) is 32.9 Å². The molecule has 0 aliphatic rings. The molecule has 8 heteroatoms. The number of amides is 1. The topological polar surface area (TPSA) is 115 Å². The van der Waals surface area contributed by atoms with Crippen LogP contribution in [0.2, 0.25) is 0 Å². The molecule has 1 amide bonds. The summed E-state index contributed by atoms with van der Waals surface area (Å²) >= 11 is 0. The lowest BCUT2D eigenvalue weighted by atomic mass is 10.1. The number of carboxylic acids is 1. The van der Waals surface area contributed by atoms with Gasteiger partial charge in [0.05, 0.1) is 0 Å². The maximum absolute atomic E-state index is 12.1. The summed E-state index contributed by atoms with van der Waals surface area (Å²) in [4.78, 5) is 27.0. The predicted octanol–water partition coefficient (Wildman–Crippen LogP) is 1.55. The summed E-state index contributed by atoms with van der Waals surface area (Å²) in [7, 11) is 0. The van der Waals surface area contributed by atoms with Gasteiger partial charge in [-0.25, -0.2) is 4.79 Å². The quantitative estimate of drug-likeness (QED) is 0.795. The average Bonchev–Trinajstić information content (AvgIpc) is 2.96. The van der Waals surface area contributed by atoms with Crippen LogP contribution in [0.3, 0.4) is 0 Å². The molecule has 1 atom stereocenters. The Morgan fingerprint density at radius 1 is 1.43 bits per heavy atom. The predicted molar refractivity (Wildman–Crippen MR) is 79.0 cm³/mol. The van der Waals surface area contributed by atoms with Gasteiger partial charge in [0.25, 0.3) is 5.91 Å². The maximum atomic E-state index is 12.1. The van der Waals surface area contributed by atoms with Crippen molar-refractivity contribution >= 4 is 11.9 Å². The molecule has 2 N–H and O–H groups in total. The van der Waals surface area contributed by atoms with Crippen LogP contribution in [0.1, 0.15) is 35.4 Å². The Balaban J connectivity index is 2.01. The third-order valence-corrected chi connectivity index (χ3v) is 3.05. The Hall–Kier alpha value is -2.90. The zero-order chi connectivity index (χ0) is 16.8. The minimum atomic E-state index is -1.07. The number of carbonyl (C=O) groups excluding carboxylic acids is 1. The number of carbonyl (C=O) groups is 2. The summed E-state index contributed by atoms with van der Waals surface area (Å²) in [5.41, 5.74) is 0.312. The summed E-state index contributed by atoms with van der Waals surface area (Å²) < 4.78 is 10.3. The largest absolute Gasteiger partial charge is 0.485 e. The van der Waals surface area contributed by atoms with Crippen LogP contribution in [-0.2, 0) is 11.4 Å². The fourth-order valence-corrected chi connectivity index (χ4v) is 1.85. The van der Waals surface area contributed by atoms with Crippen molar-refractivity contribution in [2.24, 2.45) is 0 Å². The normalized spacial score (nSPS) is 11.7. The molecule has 0 saturated carbocycles. The molecule has 2 aromatic rings. The van der Waals surface area contributed by atoms with Crippen molar-refractivity contribution in [3.05, 3.63) is 41.5 Å². The van der Waals surface area contributed by atoms with Gasteiger partial charge in [-0.05, 0) is 24.6 Å². The van der Waals surface area contributed by atoms with Crippen LogP contribution in [0, 0.1) is 6.92 Å². The lowest BCUT2D eigenvalue weighted by Crippen LogP contribution is -2.40. The fourth-order valence-electron chi connectivity index (χ4n) is 1.85. The van der Waals surface area contributed by atoms with Crippen molar-refractivity contribution in [2.75, 3.05) is 0 Å². The number of ether oxygens (including phenoxy) is 1. The number of rotatable bonds is 7. The first-order valence-electron chi connectivity index (χ1n) is 7.05. The number of nitrogens with one attached hydrogen (secondary N) is 1. The monoisotopic (exact) mass is 319 g/mol. The second-order valence-electron chi connectivity index (χ2n) is 4.82. The first-order valence-corrected chi connectivity index (χ1v) is 7.05. The van der Waals surface area contributed by atoms with Gasteiger partial charge >= 0.3 is 5.97 Å². The molecule has 0 fully saturated rings. The molecule has 0 aliphatic carbocycles. The van der Waals surface area contributed by atoms with E-state index < -0.39 is 17.9 Å². The van der Waals surface area contributed by atoms with E-state index in [9.17, 15) is 9.59 Å². The van der Waals surface area contributed by atoms with Crippen LogP contribution in [0.25, 0.3) is 0 Å². The van der Waals surface area contributed by atoms with Crippen LogP contribution in [0.15, 0.2) is 28.8 Å². The van der Waals surface area contributed by atoms with E-state index >= 15 is 0 Å². The number of hydrogen-bond donors (Lipinski definition) is 2. The lowest BCUT2D eigenvalue weighted by Gasteiger charge is -2.12. The number of aliphatic carboxylic acids is 1. The van der Waals surface area contributed by atoms with E-state index in [4.69, 9.17) is 14.4 Å². The molecule has 1 unspecified atom stereocenters. The molecule has 1 aromatic heterocycles. The molecular formula is C15H17N3O5. The smallest absolute Gasteiger partial charge is 0.326 e. The lowest BCUT2D eigenvalue weighted by molar-refractivity contribution is -0.139. The Morgan fingerprint density at radius 2 is 2.22 bits per heavy atom. The summed E-state index contributed by atoms with van der Waals surface area (Å²) in [6.07, 6.45) is 0.300. The van der Waals surface area contributed by atoms with Crippen LogP contribution in [-0.4, -0.2) is 33.2 Å². The molecule has 23 heavy (non-hydrogen) atoms. The van der Waals surface area contributed by atoms with E-state index in [1.54, 1.807) is 32.0 Å². The molecule has 0 radical (unpaired) electrons. The summed E-state index contributed by atoms with van der Waals surface area (Å²) in [6.45, 7) is 3.47. The van der Waals surface area contributed by atoms with Gasteiger partial charge in [-0.15, -0.1) is 0 Å². The summed E-state index contributed by atoms with van der Waals surface area (Å²) in [5.74, 6) is -0.255. The minimum Gasteiger partial charge on any atom is -0.485 e. The van der Waals surface area contributed by atoms with E-state index in [0.29, 0.717) is 29.4 Å². The highest BCUT2D eigenvalue weighted by Gasteiger charge is 2.18. The molecule has 122 valence electrons. The van der Waals surface area contributed by atoms with Gasteiger partial charge in [0.2, 0.25) is 11.7 Å². The van der Waals surface area contributed by atoms with Gasteiger partial charge in [0.15, 0.2) is 6.61 Å². The summed E-state index contributed by atoms with van der Waals surface area (Å²) in [5, 5.41) is 15.1. The van der Waals surface area contributed by atoms with Crippen molar-refractivity contribution in [3.63, 3.8) is 0 Å². The van der Waals surface area contributed by atoms with Crippen LogP contribution in [0.4, 0.5) is 0 Å². The molecule has 0 spiro atoms. The van der Waals surface area contributed by atoms with Crippen molar-refractivity contribution in [1.29, 1.82) is 0 Å².